The predicted molar refractivity (Wildman–Crippen MR) is 73.1 cm³/mol. The van der Waals surface area contributed by atoms with E-state index in [0.717, 1.165) is 9.88 Å². The zero-order valence-corrected chi connectivity index (χ0v) is 12.1. The first-order chi connectivity index (χ1) is 8.90. The van der Waals surface area contributed by atoms with Crippen LogP contribution in [0.25, 0.3) is 0 Å². The SMILES string of the molecule is Cc1cnc(CNC(=O)NCC(C(=O)O)C(C)C)s1. The summed E-state index contributed by atoms with van der Waals surface area (Å²) in [5, 5.41) is 15.0. The average Bonchev–Trinajstić information content (AvgIpc) is 2.71. The zero-order valence-electron chi connectivity index (χ0n) is 11.3. The standard InChI is InChI=1S/C12H19N3O3S/c1-7(2)9(11(16)17)5-14-12(18)15-6-10-13-4-8(3)19-10/h4,7,9H,5-6H2,1-3H3,(H,16,17)(H2,14,15,18). The second kappa shape index (κ2) is 7.08. The van der Waals surface area contributed by atoms with Gasteiger partial charge in [-0.05, 0) is 12.8 Å². The van der Waals surface area contributed by atoms with Crippen LogP contribution in [0.2, 0.25) is 0 Å². The van der Waals surface area contributed by atoms with E-state index in [-0.39, 0.29) is 18.5 Å². The molecule has 106 valence electrons. The number of carboxylic acid groups (broad SMARTS) is 1. The van der Waals surface area contributed by atoms with E-state index < -0.39 is 11.9 Å². The summed E-state index contributed by atoms with van der Waals surface area (Å²) in [4.78, 5) is 27.7. The fourth-order valence-corrected chi connectivity index (χ4v) is 2.24. The van der Waals surface area contributed by atoms with Crippen molar-refractivity contribution >= 4 is 23.3 Å². The summed E-state index contributed by atoms with van der Waals surface area (Å²) in [6, 6.07) is -0.375. The summed E-state index contributed by atoms with van der Waals surface area (Å²) in [7, 11) is 0. The molecule has 1 aromatic heterocycles. The molecule has 1 unspecified atom stereocenters. The van der Waals surface area contributed by atoms with Crippen molar-refractivity contribution in [1.82, 2.24) is 15.6 Å². The number of thiazole rings is 1. The second-order valence-corrected chi connectivity index (χ2v) is 5.94. The molecule has 0 saturated heterocycles. The van der Waals surface area contributed by atoms with E-state index in [1.165, 1.54) is 11.3 Å². The van der Waals surface area contributed by atoms with E-state index in [1.54, 1.807) is 6.20 Å². The van der Waals surface area contributed by atoms with Crippen molar-refractivity contribution in [2.75, 3.05) is 6.54 Å². The van der Waals surface area contributed by atoms with Crippen LogP contribution in [0.4, 0.5) is 4.79 Å². The number of carboxylic acids is 1. The third-order valence-corrected chi connectivity index (χ3v) is 3.59. The molecule has 0 aromatic carbocycles. The molecule has 1 atom stereocenters. The van der Waals surface area contributed by atoms with Crippen LogP contribution in [0.1, 0.15) is 23.7 Å². The lowest BCUT2D eigenvalue weighted by molar-refractivity contribution is -0.142. The Bertz CT molecular complexity index is 445. The largest absolute Gasteiger partial charge is 0.481 e. The number of urea groups is 1. The van der Waals surface area contributed by atoms with Gasteiger partial charge in [0.25, 0.3) is 0 Å². The number of rotatable bonds is 6. The predicted octanol–water partition coefficient (Wildman–Crippen LogP) is 1.61. The summed E-state index contributed by atoms with van der Waals surface area (Å²) >= 11 is 1.52. The Balaban J connectivity index is 2.33. The maximum absolute atomic E-state index is 11.5. The molecule has 19 heavy (non-hydrogen) atoms. The van der Waals surface area contributed by atoms with Gasteiger partial charge in [-0.15, -0.1) is 11.3 Å². The number of nitrogens with one attached hydrogen (secondary N) is 2. The Labute approximate surface area is 116 Å². The Kier molecular flexibility index (Phi) is 5.75. The molecule has 2 amide bonds. The molecule has 7 heteroatoms. The lowest BCUT2D eigenvalue weighted by Crippen LogP contribution is -2.40. The summed E-state index contributed by atoms with van der Waals surface area (Å²) < 4.78 is 0. The Hall–Kier alpha value is -1.63. The first kappa shape index (κ1) is 15.4. The number of hydrogen-bond acceptors (Lipinski definition) is 4. The van der Waals surface area contributed by atoms with Crippen molar-refractivity contribution in [1.29, 1.82) is 0 Å². The molecule has 0 aliphatic heterocycles. The highest BCUT2D eigenvalue weighted by Gasteiger charge is 2.21. The highest BCUT2D eigenvalue weighted by molar-refractivity contribution is 7.11. The van der Waals surface area contributed by atoms with Crippen LogP contribution in [0, 0.1) is 18.8 Å². The van der Waals surface area contributed by atoms with Gasteiger partial charge in [0.2, 0.25) is 0 Å². The van der Waals surface area contributed by atoms with E-state index in [2.05, 4.69) is 15.6 Å². The molecular weight excluding hydrogens is 266 g/mol. The first-order valence-electron chi connectivity index (χ1n) is 6.06. The van der Waals surface area contributed by atoms with Gasteiger partial charge >= 0.3 is 12.0 Å². The minimum absolute atomic E-state index is 0.0283. The highest BCUT2D eigenvalue weighted by atomic mass is 32.1. The molecular formula is C12H19N3O3S. The zero-order chi connectivity index (χ0) is 14.4. The number of hydrogen-bond donors (Lipinski definition) is 3. The van der Waals surface area contributed by atoms with Crippen LogP contribution in [0.15, 0.2) is 6.20 Å². The summed E-state index contributed by atoms with van der Waals surface area (Å²) in [6.07, 6.45) is 1.75. The van der Waals surface area contributed by atoms with Gasteiger partial charge in [0.1, 0.15) is 5.01 Å². The summed E-state index contributed by atoms with van der Waals surface area (Å²) in [5.41, 5.74) is 0. The number of aromatic nitrogens is 1. The highest BCUT2D eigenvalue weighted by Crippen LogP contribution is 2.11. The van der Waals surface area contributed by atoms with Gasteiger partial charge < -0.3 is 15.7 Å². The van der Waals surface area contributed by atoms with Crippen molar-refractivity contribution < 1.29 is 14.7 Å². The van der Waals surface area contributed by atoms with E-state index in [9.17, 15) is 9.59 Å². The van der Waals surface area contributed by atoms with Crippen LogP contribution in [0.3, 0.4) is 0 Å². The molecule has 0 spiro atoms. The van der Waals surface area contributed by atoms with Gasteiger partial charge in [0.15, 0.2) is 0 Å². The lowest BCUT2D eigenvalue weighted by Gasteiger charge is -2.16. The molecule has 0 saturated carbocycles. The van der Waals surface area contributed by atoms with Crippen molar-refractivity contribution in [3.63, 3.8) is 0 Å². The van der Waals surface area contributed by atoms with Crippen LogP contribution in [0.5, 0.6) is 0 Å². The minimum Gasteiger partial charge on any atom is -0.481 e. The van der Waals surface area contributed by atoms with Gasteiger partial charge in [-0.25, -0.2) is 9.78 Å². The topological polar surface area (TPSA) is 91.3 Å². The van der Waals surface area contributed by atoms with E-state index in [4.69, 9.17) is 5.11 Å². The van der Waals surface area contributed by atoms with E-state index in [1.807, 2.05) is 20.8 Å². The molecule has 0 fully saturated rings. The van der Waals surface area contributed by atoms with E-state index >= 15 is 0 Å². The number of amides is 2. The van der Waals surface area contributed by atoms with Gasteiger partial charge in [-0.1, -0.05) is 13.8 Å². The van der Waals surface area contributed by atoms with Crippen molar-refractivity contribution in [2.45, 2.75) is 27.3 Å². The molecule has 0 aliphatic carbocycles. The smallest absolute Gasteiger partial charge is 0.315 e. The van der Waals surface area contributed by atoms with Crippen molar-refractivity contribution in [3.8, 4) is 0 Å². The molecule has 1 rings (SSSR count). The Morgan fingerprint density at radius 2 is 2.11 bits per heavy atom. The van der Waals surface area contributed by atoms with Crippen LogP contribution in [-0.4, -0.2) is 28.6 Å². The van der Waals surface area contributed by atoms with Crippen molar-refractivity contribution in [3.05, 3.63) is 16.1 Å². The van der Waals surface area contributed by atoms with Crippen LogP contribution < -0.4 is 10.6 Å². The number of carbonyl (C=O) groups excluding carboxylic acids is 1. The summed E-state index contributed by atoms with van der Waals surface area (Å²) in [6.45, 7) is 6.05. The third kappa shape index (κ3) is 5.25. The molecule has 6 nitrogen and oxygen atoms in total. The number of aryl methyl sites for hydroxylation is 1. The van der Waals surface area contributed by atoms with Gasteiger partial charge in [-0.2, -0.15) is 0 Å². The quantitative estimate of drug-likeness (QED) is 0.740. The van der Waals surface area contributed by atoms with Gasteiger partial charge in [0.05, 0.1) is 12.5 Å². The second-order valence-electron chi connectivity index (χ2n) is 4.62. The fraction of sp³-hybridized carbons (Fsp3) is 0.583. The average molecular weight is 285 g/mol. The van der Waals surface area contributed by atoms with Crippen molar-refractivity contribution in [2.24, 2.45) is 11.8 Å². The fourth-order valence-electron chi connectivity index (χ4n) is 1.51. The molecule has 3 N–H and O–H groups in total. The van der Waals surface area contributed by atoms with Gasteiger partial charge in [-0.3, -0.25) is 4.79 Å². The summed E-state index contributed by atoms with van der Waals surface area (Å²) in [5.74, 6) is -1.50. The van der Waals surface area contributed by atoms with Gasteiger partial charge in [0, 0.05) is 17.6 Å². The first-order valence-corrected chi connectivity index (χ1v) is 6.87. The molecule has 1 heterocycles. The molecule has 0 bridgehead atoms. The van der Waals surface area contributed by atoms with Crippen LogP contribution >= 0.6 is 11.3 Å². The lowest BCUT2D eigenvalue weighted by atomic mass is 9.96. The molecule has 1 aromatic rings. The monoisotopic (exact) mass is 285 g/mol. The van der Waals surface area contributed by atoms with Crippen LogP contribution in [-0.2, 0) is 11.3 Å². The Morgan fingerprint density at radius 3 is 2.58 bits per heavy atom. The number of aliphatic carboxylic acids is 1. The molecule has 0 aliphatic rings. The minimum atomic E-state index is -0.897. The number of carbonyl (C=O) groups is 2. The van der Waals surface area contributed by atoms with E-state index in [0.29, 0.717) is 6.54 Å². The Morgan fingerprint density at radius 1 is 1.42 bits per heavy atom. The maximum atomic E-state index is 11.5. The molecule has 0 radical (unpaired) electrons. The number of nitrogens with zero attached hydrogens (tertiary/aromatic N) is 1. The normalized spacial score (nSPS) is 12.2. The third-order valence-electron chi connectivity index (χ3n) is 2.67. The maximum Gasteiger partial charge on any atom is 0.315 e.